The number of anilines is 1. The van der Waals surface area contributed by atoms with Crippen molar-refractivity contribution in [3.63, 3.8) is 0 Å². The molecule has 2 aromatic rings. The van der Waals surface area contributed by atoms with Crippen LogP contribution in [0.3, 0.4) is 0 Å². The van der Waals surface area contributed by atoms with Gasteiger partial charge in [-0.2, -0.15) is 0 Å². The van der Waals surface area contributed by atoms with Gasteiger partial charge in [-0.15, -0.1) is 11.3 Å². The van der Waals surface area contributed by atoms with E-state index >= 15 is 0 Å². The third-order valence-corrected chi connectivity index (χ3v) is 4.63. The van der Waals surface area contributed by atoms with Crippen LogP contribution in [0.15, 0.2) is 35.7 Å². The fraction of sp³-hybridized carbons (Fsp3) is 0.250. The summed E-state index contributed by atoms with van der Waals surface area (Å²) in [5, 5.41) is 5.59. The molecular weight excluding hydrogens is 334 g/mol. The number of nitrogens with zero attached hydrogens (tertiary/aromatic N) is 1. The third-order valence-electron chi connectivity index (χ3n) is 3.57. The molecule has 0 bridgehead atoms. The number of amides is 2. The molecule has 0 radical (unpaired) electrons. The Balaban J connectivity index is 1.99. The predicted molar refractivity (Wildman–Crippen MR) is 94.0 cm³/mol. The fourth-order valence-electron chi connectivity index (χ4n) is 2.15. The van der Waals surface area contributed by atoms with Gasteiger partial charge in [0.15, 0.2) is 0 Å². The Bertz CT molecular complexity index is 717. The topological polar surface area (TPSA) is 75.4 Å². The number of thiophene rings is 1. The molecule has 0 saturated carbocycles. The monoisotopic (exact) mass is 351 g/mol. The van der Waals surface area contributed by atoms with Crippen LogP contribution in [0.25, 0.3) is 0 Å². The van der Waals surface area contributed by atoms with Crippen molar-refractivity contribution in [2.24, 2.45) is 5.73 Å². The summed E-state index contributed by atoms with van der Waals surface area (Å²) < 4.78 is 0. The van der Waals surface area contributed by atoms with Crippen LogP contribution in [-0.4, -0.2) is 30.3 Å². The van der Waals surface area contributed by atoms with Crippen molar-refractivity contribution in [2.75, 3.05) is 18.9 Å². The van der Waals surface area contributed by atoms with Gasteiger partial charge >= 0.3 is 0 Å². The molecule has 1 atom stereocenters. The predicted octanol–water partition coefficient (Wildman–Crippen LogP) is 3.13. The van der Waals surface area contributed by atoms with Gasteiger partial charge in [-0.05, 0) is 43.1 Å². The smallest absolute Gasteiger partial charge is 0.251 e. The van der Waals surface area contributed by atoms with Gasteiger partial charge < -0.3 is 11.1 Å². The standard InChI is InChI=1S/C16H18ClN3O2S/c1-10(11-4-3-5-12(17)8-11)20(2)9-14(21)19-16-13(15(18)22)6-7-23-16/h3-8,10H,9H2,1-2H3,(H2,18,22)(H,19,21). The van der Waals surface area contributed by atoms with Gasteiger partial charge in [-0.25, -0.2) is 0 Å². The minimum Gasteiger partial charge on any atom is -0.366 e. The molecule has 0 aliphatic heterocycles. The van der Waals surface area contributed by atoms with Crippen LogP contribution in [0, 0.1) is 0 Å². The van der Waals surface area contributed by atoms with Gasteiger partial charge in [0.2, 0.25) is 5.91 Å². The molecule has 23 heavy (non-hydrogen) atoms. The van der Waals surface area contributed by atoms with Crippen molar-refractivity contribution >= 4 is 39.8 Å². The van der Waals surface area contributed by atoms with Crippen molar-refractivity contribution in [3.8, 4) is 0 Å². The zero-order chi connectivity index (χ0) is 17.0. The summed E-state index contributed by atoms with van der Waals surface area (Å²) in [4.78, 5) is 25.3. The Morgan fingerprint density at radius 2 is 2.13 bits per heavy atom. The molecule has 122 valence electrons. The largest absolute Gasteiger partial charge is 0.366 e. The summed E-state index contributed by atoms with van der Waals surface area (Å²) in [5.74, 6) is -0.756. The van der Waals surface area contributed by atoms with E-state index in [-0.39, 0.29) is 18.5 Å². The van der Waals surface area contributed by atoms with Crippen LogP contribution in [0.4, 0.5) is 5.00 Å². The molecule has 0 saturated heterocycles. The summed E-state index contributed by atoms with van der Waals surface area (Å²) in [6.07, 6.45) is 0. The highest BCUT2D eigenvalue weighted by molar-refractivity contribution is 7.14. The molecule has 3 N–H and O–H groups in total. The Morgan fingerprint density at radius 3 is 2.78 bits per heavy atom. The van der Waals surface area contributed by atoms with E-state index in [4.69, 9.17) is 17.3 Å². The summed E-state index contributed by atoms with van der Waals surface area (Å²) in [7, 11) is 1.86. The average Bonchev–Trinajstić information content (AvgIpc) is 2.94. The van der Waals surface area contributed by atoms with Crippen molar-refractivity contribution in [1.82, 2.24) is 4.90 Å². The second-order valence-electron chi connectivity index (χ2n) is 5.22. The van der Waals surface area contributed by atoms with Gasteiger partial charge in [0.25, 0.3) is 5.91 Å². The van der Waals surface area contributed by atoms with Crippen molar-refractivity contribution in [2.45, 2.75) is 13.0 Å². The molecule has 1 aromatic carbocycles. The van der Waals surface area contributed by atoms with Gasteiger partial charge in [0.1, 0.15) is 5.00 Å². The molecule has 0 aliphatic carbocycles. The Hall–Kier alpha value is -1.89. The van der Waals surface area contributed by atoms with E-state index in [1.165, 1.54) is 11.3 Å². The number of halogens is 1. The first kappa shape index (κ1) is 17.5. The van der Waals surface area contributed by atoms with Crippen LogP contribution >= 0.6 is 22.9 Å². The maximum absolute atomic E-state index is 12.2. The van der Waals surface area contributed by atoms with Crippen LogP contribution in [0.2, 0.25) is 5.02 Å². The summed E-state index contributed by atoms with van der Waals surface area (Å²) >= 11 is 7.27. The van der Waals surface area contributed by atoms with Crippen LogP contribution in [0.1, 0.15) is 28.9 Å². The number of hydrogen-bond donors (Lipinski definition) is 2. The lowest BCUT2D eigenvalue weighted by Crippen LogP contribution is -2.32. The number of nitrogens with one attached hydrogen (secondary N) is 1. The number of hydrogen-bond acceptors (Lipinski definition) is 4. The van der Waals surface area contributed by atoms with E-state index < -0.39 is 5.91 Å². The molecule has 0 fully saturated rings. The maximum Gasteiger partial charge on any atom is 0.251 e. The number of carbonyl (C=O) groups is 2. The summed E-state index contributed by atoms with van der Waals surface area (Å²) in [5.41, 5.74) is 6.62. The molecule has 1 aromatic heterocycles. The number of rotatable bonds is 6. The number of primary amides is 1. The molecule has 0 spiro atoms. The lowest BCUT2D eigenvalue weighted by Gasteiger charge is -2.24. The molecular formula is C16H18ClN3O2S. The van der Waals surface area contributed by atoms with E-state index in [0.717, 1.165) is 5.56 Å². The minimum absolute atomic E-state index is 0.0263. The first-order chi connectivity index (χ1) is 10.9. The van der Waals surface area contributed by atoms with Crippen LogP contribution in [0.5, 0.6) is 0 Å². The van der Waals surface area contributed by atoms with E-state index in [1.807, 2.05) is 43.1 Å². The van der Waals surface area contributed by atoms with E-state index in [1.54, 1.807) is 11.4 Å². The quantitative estimate of drug-likeness (QED) is 0.839. The first-order valence-corrected chi connectivity index (χ1v) is 8.27. The third kappa shape index (κ3) is 4.54. The van der Waals surface area contributed by atoms with Crippen molar-refractivity contribution in [3.05, 3.63) is 51.9 Å². The normalized spacial score (nSPS) is 12.2. The highest BCUT2D eigenvalue weighted by Crippen LogP contribution is 2.24. The molecule has 2 amide bonds. The van der Waals surface area contributed by atoms with Crippen LogP contribution < -0.4 is 11.1 Å². The SMILES string of the molecule is CC(c1cccc(Cl)c1)N(C)CC(=O)Nc1sccc1C(N)=O. The highest BCUT2D eigenvalue weighted by Gasteiger charge is 2.17. The number of carbonyl (C=O) groups excluding carboxylic acids is 2. The molecule has 5 nitrogen and oxygen atoms in total. The van der Waals surface area contributed by atoms with Gasteiger partial charge in [0, 0.05) is 11.1 Å². The Morgan fingerprint density at radius 1 is 1.39 bits per heavy atom. The Labute approximate surface area is 144 Å². The molecule has 1 heterocycles. The maximum atomic E-state index is 12.2. The zero-order valence-corrected chi connectivity index (χ0v) is 14.4. The van der Waals surface area contributed by atoms with Gasteiger partial charge in [0.05, 0.1) is 12.1 Å². The fourth-order valence-corrected chi connectivity index (χ4v) is 3.16. The summed E-state index contributed by atoms with van der Waals surface area (Å²) in [6.45, 7) is 2.18. The highest BCUT2D eigenvalue weighted by atomic mass is 35.5. The van der Waals surface area contributed by atoms with Gasteiger partial charge in [-0.1, -0.05) is 23.7 Å². The first-order valence-electron chi connectivity index (χ1n) is 7.01. The van der Waals surface area contributed by atoms with E-state index in [9.17, 15) is 9.59 Å². The molecule has 7 heteroatoms. The van der Waals surface area contributed by atoms with Crippen molar-refractivity contribution < 1.29 is 9.59 Å². The molecule has 2 rings (SSSR count). The molecule has 0 aliphatic rings. The second-order valence-corrected chi connectivity index (χ2v) is 6.57. The number of nitrogens with two attached hydrogens (primary N) is 1. The average molecular weight is 352 g/mol. The number of likely N-dealkylation sites (N-methyl/N-ethyl adjacent to an activating group) is 1. The van der Waals surface area contributed by atoms with E-state index in [0.29, 0.717) is 15.6 Å². The lowest BCUT2D eigenvalue weighted by atomic mass is 10.1. The zero-order valence-electron chi connectivity index (χ0n) is 12.9. The lowest BCUT2D eigenvalue weighted by molar-refractivity contribution is -0.117. The van der Waals surface area contributed by atoms with Crippen molar-refractivity contribution in [1.29, 1.82) is 0 Å². The molecule has 1 unspecified atom stereocenters. The summed E-state index contributed by atoms with van der Waals surface area (Å²) in [6, 6.07) is 9.17. The Kier molecular flexibility index (Phi) is 5.76. The van der Waals surface area contributed by atoms with Crippen LogP contribution in [-0.2, 0) is 4.79 Å². The minimum atomic E-state index is -0.554. The van der Waals surface area contributed by atoms with E-state index in [2.05, 4.69) is 5.32 Å². The second kappa shape index (κ2) is 7.59. The van der Waals surface area contributed by atoms with Gasteiger partial charge in [-0.3, -0.25) is 14.5 Å². The number of benzene rings is 1.